The lowest BCUT2D eigenvalue weighted by molar-refractivity contribution is -0.611. The Morgan fingerprint density at radius 3 is 1.95 bits per heavy atom. The smallest absolute Gasteiger partial charge is 0.279 e. The molecule has 1 saturated carbocycles. The molecule has 1 aliphatic carbocycles. The summed E-state index contributed by atoms with van der Waals surface area (Å²) in [5.41, 5.74) is 0. The van der Waals surface area contributed by atoms with Crippen molar-refractivity contribution in [1.29, 1.82) is 0 Å². The molecule has 10 nitrogen and oxygen atoms in total. The first-order chi connectivity index (χ1) is 8.61. The van der Waals surface area contributed by atoms with E-state index >= 15 is 0 Å². The Balaban J connectivity index is 2.69. The maximum Gasteiger partial charge on any atom is 0.279 e. The van der Waals surface area contributed by atoms with Crippen molar-refractivity contribution in [2.75, 3.05) is 12.9 Å². The van der Waals surface area contributed by atoms with Gasteiger partial charge in [0, 0.05) is 28.6 Å². The molecule has 19 heavy (non-hydrogen) atoms. The van der Waals surface area contributed by atoms with Crippen LogP contribution in [0.25, 0.3) is 0 Å². The number of nitro groups is 2. The van der Waals surface area contributed by atoms with Crippen molar-refractivity contribution in [1.82, 2.24) is 0 Å². The van der Waals surface area contributed by atoms with Gasteiger partial charge in [-0.15, -0.1) is 0 Å². The third-order valence-corrected chi connectivity index (χ3v) is 3.45. The molecule has 0 aromatic rings. The van der Waals surface area contributed by atoms with Crippen molar-refractivity contribution >= 4 is 15.9 Å². The quantitative estimate of drug-likeness (QED) is 0.352. The van der Waals surface area contributed by atoms with Gasteiger partial charge in [-0.1, -0.05) is 0 Å². The molecule has 2 unspecified atom stereocenters. The van der Waals surface area contributed by atoms with E-state index in [0.29, 0.717) is 0 Å². The molecule has 0 aliphatic heterocycles. The van der Waals surface area contributed by atoms with Crippen LogP contribution < -0.4 is 0 Å². The molecule has 0 N–H and O–H groups in total. The van der Waals surface area contributed by atoms with Crippen LogP contribution >= 0.6 is 0 Å². The lowest BCUT2D eigenvalue weighted by Gasteiger charge is -2.05. The minimum Gasteiger partial charge on any atom is -0.297 e. The number of ketones is 1. The van der Waals surface area contributed by atoms with Crippen molar-refractivity contribution in [3.05, 3.63) is 20.2 Å². The molecule has 0 aromatic heterocycles. The SMILES string of the molecule is CS(=O)(=O)OCC(=O)C1CC([N+](=O)[O-])C([N+](=O)[O-])C1. The van der Waals surface area contributed by atoms with Gasteiger partial charge in [0.2, 0.25) is 0 Å². The van der Waals surface area contributed by atoms with Crippen molar-refractivity contribution in [2.24, 2.45) is 5.92 Å². The Hall–Kier alpha value is -1.62. The molecule has 0 heterocycles. The predicted molar refractivity (Wildman–Crippen MR) is 60.1 cm³/mol. The lowest BCUT2D eigenvalue weighted by atomic mass is 10.0. The van der Waals surface area contributed by atoms with Crippen LogP contribution in [0.1, 0.15) is 12.8 Å². The van der Waals surface area contributed by atoms with Crippen LogP contribution in [-0.2, 0) is 19.1 Å². The van der Waals surface area contributed by atoms with Crippen molar-refractivity contribution in [3.63, 3.8) is 0 Å². The largest absolute Gasteiger partial charge is 0.297 e. The number of carbonyl (C=O) groups is 1. The third kappa shape index (κ3) is 4.21. The summed E-state index contributed by atoms with van der Waals surface area (Å²) in [6.07, 6.45) is 0.212. The number of hydrogen-bond acceptors (Lipinski definition) is 8. The van der Waals surface area contributed by atoms with Gasteiger partial charge in [0.15, 0.2) is 5.78 Å². The summed E-state index contributed by atoms with van der Waals surface area (Å²) in [6.45, 7) is -0.752. The van der Waals surface area contributed by atoms with E-state index in [-0.39, 0.29) is 12.8 Å². The zero-order valence-corrected chi connectivity index (χ0v) is 10.7. The zero-order chi connectivity index (χ0) is 14.8. The fourth-order valence-corrected chi connectivity index (χ4v) is 2.32. The first-order valence-corrected chi connectivity index (χ1v) is 7.07. The molecule has 0 spiro atoms. The van der Waals surface area contributed by atoms with E-state index in [9.17, 15) is 33.4 Å². The van der Waals surface area contributed by atoms with Crippen molar-refractivity contribution in [3.8, 4) is 0 Å². The second kappa shape index (κ2) is 5.57. The molecule has 1 aliphatic rings. The molecule has 0 bridgehead atoms. The standard InChI is InChI=1S/C8H12N2O8S/c1-19(16,17)18-4-8(11)5-2-6(9(12)13)7(3-5)10(14)15/h5-7H,2-4H2,1H3. The Morgan fingerprint density at radius 2 is 1.63 bits per heavy atom. The van der Waals surface area contributed by atoms with Crippen molar-refractivity contribution < 1.29 is 27.2 Å². The van der Waals surface area contributed by atoms with Gasteiger partial charge in [0.25, 0.3) is 22.2 Å². The number of Topliss-reactive ketones (excluding diaryl/α,β-unsaturated/α-hetero) is 1. The van der Waals surface area contributed by atoms with Crippen LogP contribution in [0, 0.1) is 26.1 Å². The highest BCUT2D eigenvalue weighted by Crippen LogP contribution is 2.30. The Morgan fingerprint density at radius 1 is 1.21 bits per heavy atom. The van der Waals surface area contributed by atoms with E-state index in [4.69, 9.17) is 0 Å². The van der Waals surface area contributed by atoms with E-state index < -0.39 is 50.4 Å². The summed E-state index contributed by atoms with van der Waals surface area (Å²) in [4.78, 5) is 31.4. The van der Waals surface area contributed by atoms with E-state index in [2.05, 4.69) is 4.18 Å². The summed E-state index contributed by atoms with van der Waals surface area (Å²) in [5, 5.41) is 21.3. The second-order valence-corrected chi connectivity index (χ2v) is 5.95. The first-order valence-electron chi connectivity index (χ1n) is 5.26. The highest BCUT2D eigenvalue weighted by molar-refractivity contribution is 7.86. The van der Waals surface area contributed by atoms with Crippen LogP contribution in [0.3, 0.4) is 0 Å². The Labute approximate surface area is 108 Å². The second-order valence-electron chi connectivity index (χ2n) is 4.31. The molecule has 0 saturated heterocycles. The molecule has 1 fully saturated rings. The van der Waals surface area contributed by atoms with E-state index in [1.807, 2.05) is 0 Å². The highest BCUT2D eigenvalue weighted by Gasteiger charge is 2.52. The maximum absolute atomic E-state index is 11.6. The lowest BCUT2D eigenvalue weighted by Crippen LogP contribution is -2.34. The average molecular weight is 296 g/mol. The van der Waals surface area contributed by atoms with Crippen molar-refractivity contribution in [2.45, 2.75) is 24.9 Å². The van der Waals surface area contributed by atoms with E-state index in [1.165, 1.54) is 0 Å². The van der Waals surface area contributed by atoms with Gasteiger partial charge < -0.3 is 0 Å². The van der Waals surface area contributed by atoms with Crippen LogP contribution in [-0.4, -0.2) is 49.0 Å². The third-order valence-electron chi connectivity index (χ3n) is 2.91. The minimum atomic E-state index is -3.80. The van der Waals surface area contributed by atoms with Gasteiger partial charge >= 0.3 is 0 Å². The van der Waals surface area contributed by atoms with Crippen LogP contribution in [0.2, 0.25) is 0 Å². The summed E-state index contributed by atoms with van der Waals surface area (Å²) < 4.78 is 25.7. The predicted octanol–water partition coefficient (Wildman–Crippen LogP) is -0.768. The number of carbonyl (C=O) groups excluding carboxylic acids is 1. The molecular weight excluding hydrogens is 284 g/mol. The molecule has 1 rings (SSSR count). The van der Waals surface area contributed by atoms with E-state index in [0.717, 1.165) is 6.26 Å². The normalized spacial score (nSPS) is 27.1. The Bertz CT molecular complexity index is 479. The fourth-order valence-electron chi connectivity index (χ4n) is 1.99. The molecule has 108 valence electrons. The number of nitrogens with zero attached hydrogens (tertiary/aromatic N) is 2. The summed E-state index contributed by atoms with van der Waals surface area (Å²) >= 11 is 0. The fraction of sp³-hybridized carbons (Fsp3) is 0.875. The molecule has 0 aromatic carbocycles. The zero-order valence-electron chi connectivity index (χ0n) is 9.92. The molecule has 0 amide bonds. The maximum atomic E-state index is 11.6. The van der Waals surface area contributed by atoms with Crippen LogP contribution in [0.4, 0.5) is 0 Å². The Kier molecular flexibility index (Phi) is 4.52. The molecule has 2 atom stereocenters. The van der Waals surface area contributed by atoms with Crippen LogP contribution in [0.5, 0.6) is 0 Å². The topological polar surface area (TPSA) is 147 Å². The van der Waals surface area contributed by atoms with Gasteiger partial charge in [0.05, 0.1) is 6.26 Å². The van der Waals surface area contributed by atoms with Crippen LogP contribution in [0.15, 0.2) is 0 Å². The average Bonchev–Trinajstić information content (AvgIpc) is 2.69. The minimum absolute atomic E-state index is 0.273. The van der Waals surface area contributed by atoms with Gasteiger partial charge in [-0.2, -0.15) is 8.42 Å². The van der Waals surface area contributed by atoms with Gasteiger partial charge in [0.1, 0.15) is 6.61 Å². The first kappa shape index (κ1) is 15.4. The number of hydrogen-bond donors (Lipinski definition) is 0. The van der Waals surface area contributed by atoms with Gasteiger partial charge in [-0.3, -0.25) is 29.2 Å². The van der Waals surface area contributed by atoms with E-state index in [1.54, 1.807) is 0 Å². The molecular formula is C8H12N2O8S. The molecule has 11 heteroatoms. The highest BCUT2D eigenvalue weighted by atomic mass is 32.2. The molecule has 0 radical (unpaired) electrons. The van der Waals surface area contributed by atoms with Gasteiger partial charge in [-0.05, 0) is 0 Å². The number of rotatable bonds is 6. The monoisotopic (exact) mass is 296 g/mol. The van der Waals surface area contributed by atoms with Gasteiger partial charge in [-0.25, -0.2) is 0 Å². The summed E-state index contributed by atoms with van der Waals surface area (Å²) in [5.74, 6) is -1.60. The summed E-state index contributed by atoms with van der Waals surface area (Å²) in [7, 11) is -3.80. The summed E-state index contributed by atoms with van der Waals surface area (Å²) in [6, 6.07) is -2.86.